The third-order valence-corrected chi connectivity index (χ3v) is 4.02. The van der Waals surface area contributed by atoms with Gasteiger partial charge in [-0.3, -0.25) is 4.79 Å². The number of rotatable bonds is 2. The van der Waals surface area contributed by atoms with Gasteiger partial charge in [0.15, 0.2) is 0 Å². The van der Waals surface area contributed by atoms with E-state index in [0.717, 1.165) is 34.4 Å². The van der Waals surface area contributed by atoms with Crippen LogP contribution >= 0.6 is 15.9 Å². The van der Waals surface area contributed by atoms with Crippen molar-refractivity contribution >= 4 is 33.2 Å². The molecule has 0 fully saturated rings. The number of amides is 1. The second kappa shape index (κ2) is 5.29. The molecule has 3 rings (SSSR count). The summed E-state index contributed by atoms with van der Waals surface area (Å²) in [5, 5.41) is 6.25. The minimum atomic E-state index is -0.0808. The first-order valence-electron chi connectivity index (χ1n) is 6.58. The van der Waals surface area contributed by atoms with E-state index in [1.165, 1.54) is 5.56 Å². The largest absolute Gasteiger partial charge is 0.384 e. The number of fused-ring (bicyclic) bond motifs is 1. The molecule has 102 valence electrons. The number of benzene rings is 2. The summed E-state index contributed by atoms with van der Waals surface area (Å²) < 4.78 is 0.953. The second-order valence-corrected chi connectivity index (χ2v) is 5.88. The maximum atomic E-state index is 12.3. The standard InChI is InChI=1S/C16H15BrN2O/c1-10-2-5-13(17)9-14(10)19-16(20)12-4-3-11-6-7-18-15(11)8-12/h2-5,8-9,18H,6-7H2,1H3,(H,19,20). The Morgan fingerprint density at radius 2 is 2.10 bits per heavy atom. The van der Waals surface area contributed by atoms with E-state index in [-0.39, 0.29) is 5.91 Å². The van der Waals surface area contributed by atoms with Crippen molar-refractivity contribution in [1.29, 1.82) is 0 Å². The molecule has 0 saturated heterocycles. The minimum absolute atomic E-state index is 0.0808. The van der Waals surface area contributed by atoms with E-state index in [4.69, 9.17) is 0 Å². The summed E-state index contributed by atoms with van der Waals surface area (Å²) in [6.45, 7) is 2.93. The Balaban J connectivity index is 1.84. The molecule has 1 aliphatic rings. The van der Waals surface area contributed by atoms with Crippen LogP contribution in [0.25, 0.3) is 0 Å². The molecule has 1 heterocycles. The van der Waals surface area contributed by atoms with Gasteiger partial charge in [-0.25, -0.2) is 0 Å². The van der Waals surface area contributed by atoms with Crippen LogP contribution < -0.4 is 10.6 Å². The highest BCUT2D eigenvalue weighted by Crippen LogP contribution is 2.25. The third kappa shape index (κ3) is 2.56. The number of halogens is 1. The smallest absolute Gasteiger partial charge is 0.255 e. The molecule has 2 aromatic carbocycles. The Bertz CT molecular complexity index is 682. The van der Waals surface area contributed by atoms with E-state index in [1.807, 2.05) is 43.3 Å². The van der Waals surface area contributed by atoms with Crippen LogP contribution in [0.1, 0.15) is 21.5 Å². The molecule has 20 heavy (non-hydrogen) atoms. The van der Waals surface area contributed by atoms with Gasteiger partial charge in [0.05, 0.1) is 0 Å². The van der Waals surface area contributed by atoms with Crippen LogP contribution in [0.4, 0.5) is 11.4 Å². The lowest BCUT2D eigenvalue weighted by Crippen LogP contribution is -2.13. The van der Waals surface area contributed by atoms with Crippen LogP contribution in [0.2, 0.25) is 0 Å². The number of nitrogens with one attached hydrogen (secondary N) is 2. The number of hydrogen-bond donors (Lipinski definition) is 2. The normalized spacial score (nSPS) is 12.7. The van der Waals surface area contributed by atoms with Gasteiger partial charge in [0.1, 0.15) is 0 Å². The summed E-state index contributed by atoms with van der Waals surface area (Å²) in [5.41, 5.74) is 4.90. The number of anilines is 2. The second-order valence-electron chi connectivity index (χ2n) is 4.96. The quantitative estimate of drug-likeness (QED) is 0.874. The van der Waals surface area contributed by atoms with Crippen LogP contribution in [0, 0.1) is 6.92 Å². The van der Waals surface area contributed by atoms with Crippen LogP contribution in [-0.4, -0.2) is 12.5 Å². The van der Waals surface area contributed by atoms with Gasteiger partial charge < -0.3 is 10.6 Å². The van der Waals surface area contributed by atoms with Crippen LogP contribution in [0.3, 0.4) is 0 Å². The number of hydrogen-bond acceptors (Lipinski definition) is 2. The molecule has 4 heteroatoms. The zero-order valence-electron chi connectivity index (χ0n) is 11.2. The average Bonchev–Trinajstić information content (AvgIpc) is 2.90. The molecule has 0 aliphatic carbocycles. The zero-order valence-corrected chi connectivity index (χ0v) is 12.8. The van der Waals surface area contributed by atoms with E-state index in [2.05, 4.69) is 26.6 Å². The van der Waals surface area contributed by atoms with Crippen LogP contribution in [0.15, 0.2) is 40.9 Å². The molecular formula is C16H15BrN2O. The minimum Gasteiger partial charge on any atom is -0.384 e. The predicted molar refractivity (Wildman–Crippen MR) is 85.5 cm³/mol. The van der Waals surface area contributed by atoms with E-state index < -0.39 is 0 Å². The Hall–Kier alpha value is -1.81. The fraction of sp³-hybridized carbons (Fsp3) is 0.188. The maximum Gasteiger partial charge on any atom is 0.255 e. The number of carbonyl (C=O) groups excluding carboxylic acids is 1. The van der Waals surface area contributed by atoms with E-state index in [0.29, 0.717) is 5.56 Å². The summed E-state index contributed by atoms with van der Waals surface area (Å²) in [5.74, 6) is -0.0808. The lowest BCUT2D eigenvalue weighted by Gasteiger charge is -2.10. The van der Waals surface area contributed by atoms with Gasteiger partial charge in [0, 0.05) is 28.0 Å². The summed E-state index contributed by atoms with van der Waals surface area (Å²) in [6.07, 6.45) is 1.03. The zero-order chi connectivity index (χ0) is 14.1. The molecule has 0 atom stereocenters. The van der Waals surface area contributed by atoms with Crippen molar-refractivity contribution in [3.8, 4) is 0 Å². The highest BCUT2D eigenvalue weighted by molar-refractivity contribution is 9.10. The molecule has 2 aromatic rings. The molecular weight excluding hydrogens is 316 g/mol. The van der Waals surface area contributed by atoms with Crippen molar-refractivity contribution in [3.63, 3.8) is 0 Å². The lowest BCUT2D eigenvalue weighted by atomic mass is 10.1. The number of aryl methyl sites for hydroxylation is 1. The van der Waals surface area contributed by atoms with Crippen molar-refractivity contribution in [3.05, 3.63) is 57.6 Å². The maximum absolute atomic E-state index is 12.3. The van der Waals surface area contributed by atoms with Crippen LogP contribution in [0.5, 0.6) is 0 Å². The van der Waals surface area contributed by atoms with Crippen molar-refractivity contribution in [2.45, 2.75) is 13.3 Å². The van der Waals surface area contributed by atoms with Gasteiger partial charge in [-0.2, -0.15) is 0 Å². The summed E-state index contributed by atoms with van der Waals surface area (Å²) >= 11 is 3.42. The Kier molecular flexibility index (Phi) is 3.49. The fourth-order valence-corrected chi connectivity index (χ4v) is 2.72. The Morgan fingerprint density at radius 1 is 1.25 bits per heavy atom. The van der Waals surface area contributed by atoms with E-state index in [9.17, 15) is 4.79 Å². The summed E-state index contributed by atoms with van der Waals surface area (Å²) in [4.78, 5) is 12.3. The average molecular weight is 331 g/mol. The predicted octanol–water partition coefficient (Wildman–Crippen LogP) is 3.98. The summed E-state index contributed by atoms with van der Waals surface area (Å²) in [6, 6.07) is 11.7. The van der Waals surface area contributed by atoms with Crippen molar-refractivity contribution in [2.24, 2.45) is 0 Å². The first-order valence-corrected chi connectivity index (χ1v) is 7.37. The SMILES string of the molecule is Cc1ccc(Br)cc1NC(=O)c1ccc2c(c1)NCC2. The highest BCUT2D eigenvalue weighted by Gasteiger charge is 2.14. The van der Waals surface area contributed by atoms with Gasteiger partial charge in [0.2, 0.25) is 0 Å². The topological polar surface area (TPSA) is 41.1 Å². The molecule has 3 nitrogen and oxygen atoms in total. The number of carbonyl (C=O) groups is 1. The van der Waals surface area contributed by atoms with Gasteiger partial charge >= 0.3 is 0 Å². The van der Waals surface area contributed by atoms with E-state index >= 15 is 0 Å². The van der Waals surface area contributed by atoms with Crippen molar-refractivity contribution in [2.75, 3.05) is 17.2 Å². The van der Waals surface area contributed by atoms with E-state index in [1.54, 1.807) is 0 Å². The van der Waals surface area contributed by atoms with Crippen molar-refractivity contribution in [1.82, 2.24) is 0 Å². The molecule has 0 bridgehead atoms. The first kappa shape index (κ1) is 13.2. The molecule has 2 N–H and O–H groups in total. The third-order valence-electron chi connectivity index (χ3n) is 3.53. The monoisotopic (exact) mass is 330 g/mol. The molecule has 0 aromatic heterocycles. The van der Waals surface area contributed by atoms with Crippen molar-refractivity contribution < 1.29 is 4.79 Å². The Labute approximate surface area is 126 Å². The fourth-order valence-electron chi connectivity index (χ4n) is 2.36. The molecule has 1 amide bonds. The molecule has 0 spiro atoms. The molecule has 1 aliphatic heterocycles. The lowest BCUT2D eigenvalue weighted by molar-refractivity contribution is 0.102. The summed E-state index contributed by atoms with van der Waals surface area (Å²) in [7, 11) is 0. The Morgan fingerprint density at radius 3 is 2.95 bits per heavy atom. The van der Waals surface area contributed by atoms with Gasteiger partial charge in [-0.05, 0) is 48.7 Å². The highest BCUT2D eigenvalue weighted by atomic mass is 79.9. The molecule has 0 saturated carbocycles. The first-order chi connectivity index (χ1) is 9.63. The van der Waals surface area contributed by atoms with Gasteiger partial charge in [-0.1, -0.05) is 28.1 Å². The van der Waals surface area contributed by atoms with Gasteiger partial charge in [-0.15, -0.1) is 0 Å². The molecule has 0 unspecified atom stereocenters. The molecule has 0 radical (unpaired) electrons. The van der Waals surface area contributed by atoms with Gasteiger partial charge in [0.25, 0.3) is 5.91 Å². The van der Waals surface area contributed by atoms with Crippen LogP contribution in [-0.2, 0) is 6.42 Å².